The molecule has 27 heavy (non-hydrogen) atoms. The van der Waals surface area contributed by atoms with Gasteiger partial charge in [0, 0.05) is 28.3 Å². The lowest BCUT2D eigenvalue weighted by atomic mass is 9.94. The van der Waals surface area contributed by atoms with Gasteiger partial charge in [-0.3, -0.25) is 4.98 Å². The van der Waals surface area contributed by atoms with Crippen LogP contribution in [-0.4, -0.2) is 28.0 Å². The third-order valence-electron chi connectivity index (χ3n) is 5.43. The molecule has 5 rings (SSSR count). The fraction of sp³-hybridized carbons (Fsp3) is 0.273. The summed E-state index contributed by atoms with van der Waals surface area (Å²) in [5.41, 5.74) is 5.92. The molecule has 3 aromatic heterocycles. The highest BCUT2D eigenvalue weighted by molar-refractivity contribution is 5.87. The molecule has 1 aliphatic heterocycles. The number of H-pyrrole nitrogens is 1. The Balaban J connectivity index is 1.54. The van der Waals surface area contributed by atoms with E-state index in [4.69, 9.17) is 9.97 Å². The molecule has 0 aliphatic carbocycles. The van der Waals surface area contributed by atoms with Crippen LogP contribution in [-0.2, 0) is 0 Å². The van der Waals surface area contributed by atoms with Gasteiger partial charge in [-0.1, -0.05) is 0 Å². The van der Waals surface area contributed by atoms with Gasteiger partial charge in [0.1, 0.15) is 5.82 Å². The van der Waals surface area contributed by atoms with Gasteiger partial charge in [-0.25, -0.2) is 9.37 Å². The van der Waals surface area contributed by atoms with Crippen LogP contribution in [0.2, 0.25) is 0 Å². The van der Waals surface area contributed by atoms with Crippen molar-refractivity contribution in [3.63, 3.8) is 0 Å². The molecule has 4 nitrogen and oxygen atoms in total. The standard InChI is InChI=1S/C22H21FN4/c1-13-10-16-11-15(12-17(23)22(16)25-13)19-3-5-20-21(27-19)4-2-18(26-20)14-6-8-24-9-7-14/h2-5,10-12,14,24-25H,6-9H2,1H3. The van der Waals surface area contributed by atoms with Gasteiger partial charge in [0.2, 0.25) is 0 Å². The van der Waals surface area contributed by atoms with E-state index in [-0.39, 0.29) is 5.82 Å². The Hall–Kier alpha value is -2.79. The van der Waals surface area contributed by atoms with Gasteiger partial charge >= 0.3 is 0 Å². The largest absolute Gasteiger partial charge is 0.356 e. The average Bonchev–Trinajstić information content (AvgIpc) is 3.09. The van der Waals surface area contributed by atoms with E-state index in [1.54, 1.807) is 6.07 Å². The molecule has 5 heteroatoms. The third-order valence-corrected chi connectivity index (χ3v) is 5.43. The molecule has 2 N–H and O–H groups in total. The molecular formula is C22H21FN4. The molecule has 1 aliphatic rings. The second kappa shape index (κ2) is 6.43. The Morgan fingerprint density at radius 2 is 1.74 bits per heavy atom. The number of nitrogens with one attached hydrogen (secondary N) is 2. The smallest absolute Gasteiger partial charge is 0.147 e. The maximum atomic E-state index is 14.4. The van der Waals surface area contributed by atoms with Crippen LogP contribution in [0.5, 0.6) is 0 Å². The summed E-state index contributed by atoms with van der Waals surface area (Å²) in [7, 11) is 0. The summed E-state index contributed by atoms with van der Waals surface area (Å²) in [4.78, 5) is 12.6. The molecule has 0 atom stereocenters. The van der Waals surface area contributed by atoms with E-state index in [1.807, 2.05) is 37.3 Å². The zero-order valence-electron chi connectivity index (χ0n) is 15.2. The van der Waals surface area contributed by atoms with Crippen molar-refractivity contribution in [1.29, 1.82) is 0 Å². The summed E-state index contributed by atoms with van der Waals surface area (Å²) < 4.78 is 14.4. The molecule has 4 aromatic rings. The van der Waals surface area contributed by atoms with Gasteiger partial charge in [0.15, 0.2) is 0 Å². The number of rotatable bonds is 2. The van der Waals surface area contributed by atoms with Crippen molar-refractivity contribution < 1.29 is 4.39 Å². The van der Waals surface area contributed by atoms with Gasteiger partial charge in [0.05, 0.1) is 22.2 Å². The molecule has 0 radical (unpaired) electrons. The minimum absolute atomic E-state index is 0.253. The molecule has 0 unspecified atom stereocenters. The number of nitrogens with zero attached hydrogens (tertiary/aromatic N) is 2. The van der Waals surface area contributed by atoms with E-state index in [9.17, 15) is 4.39 Å². The maximum Gasteiger partial charge on any atom is 0.147 e. The van der Waals surface area contributed by atoms with Crippen molar-refractivity contribution in [2.75, 3.05) is 13.1 Å². The number of halogens is 1. The summed E-state index contributed by atoms with van der Waals surface area (Å²) >= 11 is 0. The van der Waals surface area contributed by atoms with Gasteiger partial charge in [-0.05, 0) is 75.3 Å². The van der Waals surface area contributed by atoms with E-state index in [2.05, 4.69) is 16.4 Å². The Kier molecular flexibility index (Phi) is 3.90. The van der Waals surface area contributed by atoms with Gasteiger partial charge in [0.25, 0.3) is 0 Å². The van der Waals surface area contributed by atoms with Crippen molar-refractivity contribution in [1.82, 2.24) is 20.3 Å². The number of hydrogen-bond acceptors (Lipinski definition) is 3. The molecular weight excluding hydrogens is 339 g/mol. The second-order valence-electron chi connectivity index (χ2n) is 7.37. The number of benzene rings is 1. The normalized spacial score (nSPS) is 15.6. The number of pyridine rings is 2. The Morgan fingerprint density at radius 3 is 2.59 bits per heavy atom. The molecule has 0 saturated carbocycles. The topological polar surface area (TPSA) is 53.6 Å². The van der Waals surface area contributed by atoms with Crippen LogP contribution in [0, 0.1) is 12.7 Å². The van der Waals surface area contributed by atoms with Gasteiger partial charge in [-0.2, -0.15) is 0 Å². The first-order chi connectivity index (χ1) is 13.2. The highest BCUT2D eigenvalue weighted by Gasteiger charge is 2.17. The predicted molar refractivity (Wildman–Crippen MR) is 106 cm³/mol. The van der Waals surface area contributed by atoms with E-state index in [0.717, 1.165) is 65.0 Å². The summed E-state index contributed by atoms with van der Waals surface area (Å²) in [6.45, 7) is 4.03. The van der Waals surface area contributed by atoms with Crippen molar-refractivity contribution in [2.24, 2.45) is 0 Å². The first-order valence-corrected chi connectivity index (χ1v) is 9.45. The first kappa shape index (κ1) is 16.4. The monoisotopic (exact) mass is 360 g/mol. The number of piperidine rings is 1. The third kappa shape index (κ3) is 2.98. The van der Waals surface area contributed by atoms with E-state index < -0.39 is 0 Å². The molecule has 1 fully saturated rings. The fourth-order valence-corrected chi connectivity index (χ4v) is 4.02. The number of aryl methyl sites for hydroxylation is 1. The van der Waals surface area contributed by atoms with Crippen LogP contribution >= 0.6 is 0 Å². The molecule has 0 spiro atoms. The first-order valence-electron chi connectivity index (χ1n) is 9.45. The molecule has 1 aromatic carbocycles. The van der Waals surface area contributed by atoms with E-state index >= 15 is 0 Å². The summed E-state index contributed by atoms with van der Waals surface area (Å²) in [5.74, 6) is 0.264. The van der Waals surface area contributed by atoms with E-state index in [0.29, 0.717) is 11.4 Å². The molecule has 136 valence electrons. The average molecular weight is 360 g/mol. The quantitative estimate of drug-likeness (QED) is 0.545. The summed E-state index contributed by atoms with van der Waals surface area (Å²) in [6.07, 6.45) is 2.25. The van der Waals surface area contributed by atoms with Crippen LogP contribution in [0.4, 0.5) is 4.39 Å². The highest BCUT2D eigenvalue weighted by atomic mass is 19.1. The lowest BCUT2D eigenvalue weighted by molar-refractivity contribution is 0.454. The Bertz CT molecular complexity index is 1140. The Morgan fingerprint density at radius 1 is 0.963 bits per heavy atom. The number of aromatic amines is 1. The predicted octanol–water partition coefficient (Wildman–Crippen LogP) is 4.69. The molecule has 0 amide bonds. The number of fused-ring (bicyclic) bond motifs is 2. The van der Waals surface area contributed by atoms with E-state index in [1.165, 1.54) is 0 Å². The zero-order chi connectivity index (χ0) is 18.4. The minimum atomic E-state index is -0.253. The van der Waals surface area contributed by atoms with Crippen molar-refractivity contribution >= 4 is 21.9 Å². The fourth-order valence-electron chi connectivity index (χ4n) is 4.02. The van der Waals surface area contributed by atoms with Gasteiger partial charge in [-0.15, -0.1) is 0 Å². The lowest BCUT2D eigenvalue weighted by Gasteiger charge is -2.22. The van der Waals surface area contributed by atoms with Crippen molar-refractivity contribution in [2.45, 2.75) is 25.7 Å². The Labute approximate surface area is 156 Å². The summed E-state index contributed by atoms with van der Waals surface area (Å²) in [5, 5.41) is 4.26. The zero-order valence-corrected chi connectivity index (χ0v) is 15.2. The van der Waals surface area contributed by atoms with Crippen LogP contribution < -0.4 is 5.32 Å². The van der Waals surface area contributed by atoms with Crippen LogP contribution in [0.3, 0.4) is 0 Å². The molecule has 0 bridgehead atoms. The van der Waals surface area contributed by atoms with Crippen LogP contribution in [0.1, 0.15) is 30.1 Å². The van der Waals surface area contributed by atoms with Gasteiger partial charge < -0.3 is 10.3 Å². The number of aromatic nitrogens is 3. The lowest BCUT2D eigenvalue weighted by Crippen LogP contribution is -2.27. The van der Waals surface area contributed by atoms with Crippen molar-refractivity contribution in [3.05, 3.63) is 59.7 Å². The summed E-state index contributed by atoms with van der Waals surface area (Å²) in [6, 6.07) is 13.5. The maximum absolute atomic E-state index is 14.4. The minimum Gasteiger partial charge on any atom is -0.356 e. The number of hydrogen-bond donors (Lipinski definition) is 2. The van der Waals surface area contributed by atoms with Crippen LogP contribution in [0.15, 0.2) is 42.5 Å². The van der Waals surface area contributed by atoms with Crippen LogP contribution in [0.25, 0.3) is 33.2 Å². The molecule has 1 saturated heterocycles. The molecule has 4 heterocycles. The second-order valence-corrected chi connectivity index (χ2v) is 7.37. The SMILES string of the molecule is Cc1cc2cc(-c3ccc4nc(C5CCNCC5)ccc4n3)cc(F)c2[nH]1. The van der Waals surface area contributed by atoms with Crippen molar-refractivity contribution in [3.8, 4) is 11.3 Å². The highest BCUT2D eigenvalue weighted by Crippen LogP contribution is 2.29.